The molecule has 0 saturated carbocycles. The number of aryl methyl sites for hydroxylation is 1. The van der Waals surface area contributed by atoms with Crippen molar-refractivity contribution in [2.24, 2.45) is 7.05 Å². The molecule has 0 unspecified atom stereocenters. The molecule has 0 aliphatic carbocycles. The molecular formula is C58H45N5Si. The zero-order chi connectivity index (χ0) is 43.0. The summed E-state index contributed by atoms with van der Waals surface area (Å²) in [5.74, 6) is 1.84. The summed E-state index contributed by atoms with van der Waals surface area (Å²) >= 11 is 0. The first kappa shape index (κ1) is 37.9. The summed E-state index contributed by atoms with van der Waals surface area (Å²) in [4.78, 5) is 12.7. The molecule has 0 bridgehead atoms. The fourth-order valence-electron chi connectivity index (χ4n) is 10.9. The minimum atomic E-state index is -3.05. The third-order valence-corrected chi connectivity index (χ3v) is 18.4. The number of pyridine rings is 1. The lowest BCUT2D eigenvalue weighted by atomic mass is 9.72. The van der Waals surface area contributed by atoms with Crippen molar-refractivity contribution in [1.29, 1.82) is 0 Å². The Bertz CT molecular complexity index is 3500. The van der Waals surface area contributed by atoms with Gasteiger partial charge < -0.3 is 9.13 Å². The summed E-state index contributed by atoms with van der Waals surface area (Å²) < 4.78 is 4.65. The van der Waals surface area contributed by atoms with Crippen LogP contribution in [0.25, 0.3) is 49.9 Å². The number of benzene rings is 8. The SMILES string of the molecule is Cn1c(-c2cccc([Si](c3ccccc3)(c3ccccc3)c3ccc4c(c3)N(c3ccccn3)c3ccc5c(c3C4(C)C)c3ccccc3n5-c3ccccc3)c2)nc2ccccc21. The van der Waals surface area contributed by atoms with Crippen LogP contribution in [0, 0.1) is 0 Å². The van der Waals surface area contributed by atoms with Crippen LogP contribution in [0.5, 0.6) is 0 Å². The van der Waals surface area contributed by atoms with E-state index >= 15 is 0 Å². The minimum absolute atomic E-state index is 0.385. The van der Waals surface area contributed by atoms with Crippen molar-refractivity contribution >= 4 is 78.9 Å². The van der Waals surface area contributed by atoms with Gasteiger partial charge in [-0.05, 0) is 92.5 Å². The van der Waals surface area contributed by atoms with Gasteiger partial charge in [0.25, 0.3) is 0 Å². The van der Waals surface area contributed by atoms with Crippen molar-refractivity contribution in [3.63, 3.8) is 0 Å². The molecule has 64 heavy (non-hydrogen) atoms. The zero-order valence-electron chi connectivity index (χ0n) is 36.0. The van der Waals surface area contributed by atoms with Gasteiger partial charge in [0.2, 0.25) is 0 Å². The normalized spacial score (nSPS) is 13.3. The van der Waals surface area contributed by atoms with Crippen molar-refractivity contribution < 1.29 is 0 Å². The number of imidazole rings is 1. The fraction of sp³-hybridized carbons (Fsp3) is 0.0690. The van der Waals surface area contributed by atoms with Gasteiger partial charge in [0.1, 0.15) is 11.6 Å². The number of hydrogen-bond donors (Lipinski definition) is 0. The van der Waals surface area contributed by atoms with E-state index in [4.69, 9.17) is 9.97 Å². The van der Waals surface area contributed by atoms with E-state index in [0.29, 0.717) is 0 Å². The molecule has 0 spiro atoms. The molecule has 0 radical (unpaired) electrons. The first-order chi connectivity index (χ1) is 31.4. The molecule has 0 amide bonds. The van der Waals surface area contributed by atoms with Crippen LogP contribution in [0.2, 0.25) is 0 Å². The first-order valence-corrected chi connectivity index (χ1v) is 24.1. The van der Waals surface area contributed by atoms with E-state index < -0.39 is 8.07 Å². The first-order valence-electron chi connectivity index (χ1n) is 22.1. The molecule has 0 saturated heterocycles. The minimum Gasteiger partial charge on any atom is -0.327 e. The molecule has 6 heteroatoms. The van der Waals surface area contributed by atoms with Crippen LogP contribution in [0.15, 0.2) is 219 Å². The second kappa shape index (κ2) is 14.7. The van der Waals surface area contributed by atoms with Gasteiger partial charge in [-0.3, -0.25) is 4.90 Å². The average Bonchev–Trinajstić information content (AvgIpc) is 3.87. The number of hydrogen-bond acceptors (Lipinski definition) is 3. The Balaban J connectivity index is 1.15. The van der Waals surface area contributed by atoms with E-state index in [0.717, 1.165) is 45.3 Å². The smallest absolute Gasteiger partial charge is 0.179 e. The highest BCUT2D eigenvalue weighted by atomic mass is 28.3. The lowest BCUT2D eigenvalue weighted by Gasteiger charge is -2.43. The molecule has 0 N–H and O–H groups in total. The molecule has 306 valence electrons. The molecule has 3 aromatic heterocycles. The summed E-state index contributed by atoms with van der Waals surface area (Å²) in [7, 11) is -0.926. The lowest BCUT2D eigenvalue weighted by Crippen LogP contribution is -2.74. The number of nitrogens with zero attached hydrogens (tertiary/aromatic N) is 5. The highest BCUT2D eigenvalue weighted by Gasteiger charge is 2.45. The molecule has 12 rings (SSSR count). The predicted molar refractivity (Wildman–Crippen MR) is 269 cm³/mol. The van der Waals surface area contributed by atoms with E-state index in [1.165, 1.54) is 53.7 Å². The Morgan fingerprint density at radius 3 is 1.86 bits per heavy atom. The van der Waals surface area contributed by atoms with Gasteiger partial charge in [0, 0.05) is 40.7 Å². The van der Waals surface area contributed by atoms with E-state index in [-0.39, 0.29) is 5.41 Å². The molecule has 0 fully saturated rings. The van der Waals surface area contributed by atoms with Crippen LogP contribution in [0.3, 0.4) is 0 Å². The Kier molecular flexibility index (Phi) is 8.68. The highest BCUT2D eigenvalue weighted by molar-refractivity contribution is 7.20. The number of para-hydroxylation sites is 4. The average molecular weight is 840 g/mol. The van der Waals surface area contributed by atoms with Crippen molar-refractivity contribution in [1.82, 2.24) is 19.1 Å². The summed E-state index contributed by atoms with van der Waals surface area (Å²) in [5.41, 5.74) is 11.2. The van der Waals surface area contributed by atoms with Crippen LogP contribution < -0.4 is 25.6 Å². The Hall–Kier alpha value is -7.80. The zero-order valence-corrected chi connectivity index (χ0v) is 37.0. The Morgan fingerprint density at radius 1 is 0.500 bits per heavy atom. The third kappa shape index (κ3) is 5.55. The number of rotatable bonds is 7. The Morgan fingerprint density at radius 2 is 1.14 bits per heavy atom. The van der Waals surface area contributed by atoms with Gasteiger partial charge in [-0.2, -0.15) is 0 Å². The Labute approximate surface area is 374 Å². The van der Waals surface area contributed by atoms with E-state index in [1.807, 2.05) is 12.3 Å². The number of aromatic nitrogens is 4. The molecule has 1 aliphatic rings. The van der Waals surface area contributed by atoms with Crippen molar-refractivity contribution in [2.45, 2.75) is 19.3 Å². The summed E-state index contributed by atoms with van der Waals surface area (Å²) in [6.45, 7) is 4.82. The largest absolute Gasteiger partial charge is 0.327 e. The lowest BCUT2D eigenvalue weighted by molar-refractivity contribution is 0.638. The maximum Gasteiger partial charge on any atom is 0.179 e. The van der Waals surface area contributed by atoms with E-state index in [9.17, 15) is 0 Å². The standard InChI is InChI=1S/C58H45N5Si/c1-58(2)47-34-33-45(64(42-23-9-5-10-24-42,43-25-11-6-12-26-43)44-27-19-20-40(38-44)57-60-48-29-14-16-31-50(48)61(57)3)39-53(47)63(54-32-17-18-37-59-54)52-36-35-51-55(56(52)58)46-28-13-15-30-49(46)62(51)41-21-7-4-8-22-41/h4-39H,1-3H3. The molecule has 5 nitrogen and oxygen atoms in total. The van der Waals surface area contributed by atoms with E-state index in [1.54, 1.807) is 0 Å². The topological polar surface area (TPSA) is 38.9 Å². The van der Waals surface area contributed by atoms with E-state index in [2.05, 4.69) is 241 Å². The van der Waals surface area contributed by atoms with Crippen LogP contribution in [0.4, 0.5) is 17.2 Å². The van der Waals surface area contributed by atoms with Crippen LogP contribution >= 0.6 is 0 Å². The predicted octanol–water partition coefficient (Wildman–Crippen LogP) is 11.2. The maximum atomic E-state index is 5.18. The molecule has 0 atom stereocenters. The number of fused-ring (bicyclic) bond motifs is 7. The van der Waals surface area contributed by atoms with Gasteiger partial charge in [0.05, 0.1) is 33.4 Å². The van der Waals surface area contributed by atoms with Crippen molar-refractivity contribution in [3.8, 4) is 17.1 Å². The quantitative estimate of drug-likeness (QED) is 0.119. The summed E-state index contributed by atoms with van der Waals surface area (Å²) in [6.07, 6.45) is 1.91. The van der Waals surface area contributed by atoms with Gasteiger partial charge in [-0.25, -0.2) is 9.97 Å². The van der Waals surface area contributed by atoms with Crippen LogP contribution in [-0.2, 0) is 12.5 Å². The summed E-state index contributed by atoms with van der Waals surface area (Å²) in [5, 5.41) is 7.75. The molecule has 1 aliphatic heterocycles. The monoisotopic (exact) mass is 839 g/mol. The van der Waals surface area contributed by atoms with Crippen LogP contribution in [0.1, 0.15) is 25.0 Å². The fourth-order valence-corrected chi connectivity index (χ4v) is 15.7. The molecular weight excluding hydrogens is 795 g/mol. The van der Waals surface area contributed by atoms with Crippen molar-refractivity contribution in [3.05, 3.63) is 230 Å². The molecule has 8 aromatic carbocycles. The summed E-state index contributed by atoms with van der Waals surface area (Å²) in [6, 6.07) is 78.0. The van der Waals surface area contributed by atoms with Gasteiger partial charge >= 0.3 is 0 Å². The van der Waals surface area contributed by atoms with Crippen LogP contribution in [-0.4, -0.2) is 27.2 Å². The second-order valence-corrected chi connectivity index (χ2v) is 21.3. The van der Waals surface area contributed by atoms with Crippen molar-refractivity contribution in [2.75, 3.05) is 4.90 Å². The highest BCUT2D eigenvalue weighted by Crippen LogP contribution is 2.55. The van der Waals surface area contributed by atoms with Gasteiger partial charge in [0.15, 0.2) is 8.07 Å². The second-order valence-electron chi connectivity index (χ2n) is 17.5. The number of anilines is 3. The molecule has 4 heterocycles. The molecule has 11 aromatic rings. The maximum absolute atomic E-state index is 5.18. The van der Waals surface area contributed by atoms with Gasteiger partial charge in [-0.15, -0.1) is 0 Å². The van der Waals surface area contributed by atoms with Gasteiger partial charge in [-0.1, -0.05) is 166 Å². The third-order valence-electron chi connectivity index (χ3n) is 13.7.